The molecule has 0 aliphatic heterocycles. The van der Waals surface area contributed by atoms with Gasteiger partial charge < -0.3 is 15.7 Å². The third kappa shape index (κ3) is 4.73. The van der Waals surface area contributed by atoms with E-state index >= 15 is 0 Å². The number of amides is 2. The maximum atomic E-state index is 11.8. The van der Waals surface area contributed by atoms with Gasteiger partial charge in [0.1, 0.15) is 0 Å². The minimum absolute atomic E-state index is 0.0368. The van der Waals surface area contributed by atoms with E-state index in [1.54, 1.807) is 0 Å². The van der Waals surface area contributed by atoms with E-state index in [-0.39, 0.29) is 12.1 Å². The van der Waals surface area contributed by atoms with E-state index in [0.717, 1.165) is 0 Å². The van der Waals surface area contributed by atoms with Crippen molar-refractivity contribution in [1.29, 1.82) is 0 Å². The third-order valence-electron chi connectivity index (χ3n) is 1.91. The van der Waals surface area contributed by atoms with Crippen LogP contribution in [0.2, 0.25) is 0 Å². The molecule has 0 aliphatic rings. The molecule has 0 saturated heterocycles. The molecule has 6 nitrogen and oxygen atoms in total. The zero-order valence-electron chi connectivity index (χ0n) is 9.19. The van der Waals surface area contributed by atoms with Crippen molar-refractivity contribution < 1.29 is 23.5 Å². The second-order valence-corrected chi connectivity index (χ2v) is 3.30. The molecular weight excluding hydrogens is 248 g/mol. The highest BCUT2D eigenvalue weighted by Crippen LogP contribution is 2.01. The molecule has 98 valence electrons. The normalized spacial score (nSPS) is 10.2. The van der Waals surface area contributed by atoms with E-state index in [1.807, 2.05) is 5.32 Å². The number of carbonyl (C=O) groups excluding carboxylic acids is 1. The molecule has 0 radical (unpaired) electrons. The van der Waals surface area contributed by atoms with Crippen LogP contribution in [0.1, 0.15) is 16.1 Å². The largest absolute Gasteiger partial charge is 0.478 e. The van der Waals surface area contributed by atoms with Crippen LogP contribution in [0.5, 0.6) is 0 Å². The average Bonchev–Trinajstić information content (AvgIpc) is 2.34. The zero-order chi connectivity index (χ0) is 13.5. The first kappa shape index (κ1) is 13.8. The van der Waals surface area contributed by atoms with Gasteiger partial charge in [0, 0.05) is 6.20 Å². The van der Waals surface area contributed by atoms with Crippen LogP contribution in [0, 0.1) is 0 Å². The Morgan fingerprint density at radius 1 is 1.39 bits per heavy atom. The number of urea groups is 1. The number of hydrogen-bond acceptors (Lipinski definition) is 3. The standard InChI is InChI=1S/C10H11F2N3O3/c11-8(12)5-15-10(18)14-4-7-3-6(9(16)17)1-2-13-7/h1-3,8H,4-5H2,(H,16,17)(H2,14,15,18). The summed E-state index contributed by atoms with van der Waals surface area (Å²) in [6.45, 7) is -0.787. The van der Waals surface area contributed by atoms with Crippen molar-refractivity contribution in [3.8, 4) is 0 Å². The molecule has 0 spiro atoms. The number of halogens is 2. The van der Waals surface area contributed by atoms with Gasteiger partial charge in [-0.2, -0.15) is 0 Å². The summed E-state index contributed by atoms with van der Waals surface area (Å²) in [4.78, 5) is 25.5. The monoisotopic (exact) mass is 259 g/mol. The van der Waals surface area contributed by atoms with Gasteiger partial charge in [-0.3, -0.25) is 4.98 Å². The second-order valence-electron chi connectivity index (χ2n) is 3.30. The van der Waals surface area contributed by atoms with E-state index in [4.69, 9.17) is 5.11 Å². The summed E-state index contributed by atoms with van der Waals surface area (Å²) >= 11 is 0. The van der Waals surface area contributed by atoms with Gasteiger partial charge in [-0.25, -0.2) is 18.4 Å². The summed E-state index contributed by atoms with van der Waals surface area (Å²) in [6.07, 6.45) is -1.33. The van der Waals surface area contributed by atoms with Crippen molar-refractivity contribution >= 4 is 12.0 Å². The Kier molecular flexibility index (Phi) is 4.97. The molecule has 0 bridgehead atoms. The summed E-state index contributed by atoms with van der Waals surface area (Å²) in [5, 5.41) is 12.9. The predicted molar refractivity (Wildman–Crippen MR) is 57.4 cm³/mol. The van der Waals surface area contributed by atoms with Gasteiger partial charge in [0.2, 0.25) is 0 Å². The number of aromatic nitrogens is 1. The molecule has 0 fully saturated rings. The van der Waals surface area contributed by atoms with E-state index in [1.165, 1.54) is 18.3 Å². The highest BCUT2D eigenvalue weighted by Gasteiger charge is 2.07. The maximum Gasteiger partial charge on any atom is 0.335 e. The number of carboxylic acids is 1. The third-order valence-corrected chi connectivity index (χ3v) is 1.91. The summed E-state index contributed by atoms with van der Waals surface area (Å²) in [5.74, 6) is -1.11. The smallest absolute Gasteiger partial charge is 0.335 e. The SMILES string of the molecule is O=C(NCc1cc(C(=O)O)ccn1)NCC(F)F. The molecule has 1 rings (SSSR count). The molecule has 0 atom stereocenters. The van der Waals surface area contributed by atoms with Crippen molar-refractivity contribution in [3.63, 3.8) is 0 Å². The minimum atomic E-state index is -2.62. The lowest BCUT2D eigenvalue weighted by Crippen LogP contribution is -2.37. The summed E-state index contributed by atoms with van der Waals surface area (Å²) in [7, 11) is 0. The van der Waals surface area contributed by atoms with Crippen molar-refractivity contribution in [1.82, 2.24) is 15.6 Å². The molecule has 8 heteroatoms. The molecule has 18 heavy (non-hydrogen) atoms. The molecule has 1 aromatic rings. The molecule has 0 unspecified atom stereocenters. The van der Waals surface area contributed by atoms with Crippen LogP contribution in [-0.4, -0.2) is 35.1 Å². The first-order chi connectivity index (χ1) is 8.49. The average molecular weight is 259 g/mol. The lowest BCUT2D eigenvalue weighted by Gasteiger charge is -2.07. The van der Waals surface area contributed by atoms with Gasteiger partial charge in [-0.05, 0) is 12.1 Å². The molecule has 3 N–H and O–H groups in total. The van der Waals surface area contributed by atoms with Crippen LogP contribution in [0.25, 0.3) is 0 Å². The van der Waals surface area contributed by atoms with Crippen LogP contribution < -0.4 is 10.6 Å². The lowest BCUT2D eigenvalue weighted by atomic mass is 10.2. The Morgan fingerprint density at radius 2 is 2.11 bits per heavy atom. The van der Waals surface area contributed by atoms with Crippen LogP contribution in [0.4, 0.5) is 13.6 Å². The summed E-state index contributed by atoms with van der Waals surface area (Å²) < 4.78 is 23.6. The van der Waals surface area contributed by atoms with Gasteiger partial charge >= 0.3 is 12.0 Å². The Bertz CT molecular complexity index is 440. The highest BCUT2D eigenvalue weighted by molar-refractivity contribution is 5.87. The van der Waals surface area contributed by atoms with Crippen molar-refractivity contribution in [2.75, 3.05) is 6.54 Å². The number of hydrogen-bond donors (Lipinski definition) is 3. The molecular formula is C10H11F2N3O3. The zero-order valence-corrected chi connectivity index (χ0v) is 9.19. The number of alkyl halides is 2. The minimum Gasteiger partial charge on any atom is -0.478 e. The van der Waals surface area contributed by atoms with Crippen LogP contribution in [0.15, 0.2) is 18.3 Å². The molecule has 0 aromatic carbocycles. The molecule has 0 aliphatic carbocycles. The Morgan fingerprint density at radius 3 is 2.72 bits per heavy atom. The van der Waals surface area contributed by atoms with Gasteiger partial charge in [-0.15, -0.1) is 0 Å². The number of aromatic carboxylic acids is 1. The maximum absolute atomic E-state index is 11.8. The van der Waals surface area contributed by atoms with Crippen LogP contribution in [0.3, 0.4) is 0 Å². The quantitative estimate of drug-likeness (QED) is 0.730. The number of rotatable bonds is 5. The number of carboxylic acid groups (broad SMARTS) is 1. The van der Waals surface area contributed by atoms with E-state index in [0.29, 0.717) is 5.69 Å². The molecule has 1 heterocycles. The van der Waals surface area contributed by atoms with Crippen LogP contribution in [-0.2, 0) is 6.54 Å². The first-order valence-corrected chi connectivity index (χ1v) is 4.97. The summed E-state index contributed by atoms with van der Waals surface area (Å²) in [5.41, 5.74) is 0.358. The highest BCUT2D eigenvalue weighted by atomic mass is 19.3. The number of nitrogens with one attached hydrogen (secondary N) is 2. The lowest BCUT2D eigenvalue weighted by molar-refractivity contribution is 0.0696. The predicted octanol–water partition coefficient (Wildman–Crippen LogP) is 0.844. The Balaban J connectivity index is 2.46. The second kappa shape index (κ2) is 6.48. The number of pyridine rings is 1. The number of nitrogens with zero attached hydrogens (tertiary/aromatic N) is 1. The molecule has 1 aromatic heterocycles. The van der Waals surface area contributed by atoms with Gasteiger partial charge in [0.25, 0.3) is 6.43 Å². The topological polar surface area (TPSA) is 91.3 Å². The molecule has 2 amide bonds. The first-order valence-electron chi connectivity index (χ1n) is 4.97. The number of carbonyl (C=O) groups is 2. The Labute approximate surface area is 101 Å². The van der Waals surface area contributed by atoms with Crippen LogP contribution >= 0.6 is 0 Å². The fourth-order valence-corrected chi connectivity index (χ4v) is 1.11. The fraction of sp³-hybridized carbons (Fsp3) is 0.300. The van der Waals surface area contributed by atoms with Gasteiger partial charge in [0.05, 0.1) is 24.3 Å². The van der Waals surface area contributed by atoms with E-state index < -0.39 is 25.0 Å². The van der Waals surface area contributed by atoms with Crippen molar-refractivity contribution in [2.24, 2.45) is 0 Å². The van der Waals surface area contributed by atoms with Gasteiger partial charge in [-0.1, -0.05) is 0 Å². The molecule has 0 saturated carbocycles. The van der Waals surface area contributed by atoms with Gasteiger partial charge in [0.15, 0.2) is 0 Å². The van der Waals surface area contributed by atoms with E-state index in [9.17, 15) is 18.4 Å². The fourth-order valence-electron chi connectivity index (χ4n) is 1.11. The van der Waals surface area contributed by atoms with Crippen molar-refractivity contribution in [3.05, 3.63) is 29.6 Å². The van der Waals surface area contributed by atoms with E-state index in [2.05, 4.69) is 10.3 Å². The summed E-state index contributed by atoms with van der Waals surface area (Å²) in [6, 6.07) is 1.83. The van der Waals surface area contributed by atoms with Crippen molar-refractivity contribution in [2.45, 2.75) is 13.0 Å². The Hall–Kier alpha value is -2.25.